The fourth-order valence-electron chi connectivity index (χ4n) is 2.76. The van der Waals surface area contributed by atoms with Gasteiger partial charge in [0.2, 0.25) is 0 Å². The summed E-state index contributed by atoms with van der Waals surface area (Å²) in [5.41, 5.74) is 10.8. The molecular formula is C21H22N4O2. The molecule has 3 aromatic rings. The predicted molar refractivity (Wildman–Crippen MR) is 108 cm³/mol. The zero-order chi connectivity index (χ0) is 19.2. The van der Waals surface area contributed by atoms with E-state index in [4.69, 9.17) is 10.2 Å². The largest absolute Gasteiger partial charge is 0.459 e. The lowest BCUT2D eigenvalue weighted by atomic mass is 10.1. The van der Waals surface area contributed by atoms with Gasteiger partial charge in [-0.1, -0.05) is 18.2 Å². The molecule has 0 aliphatic carbocycles. The second-order valence-electron chi connectivity index (χ2n) is 6.33. The first kappa shape index (κ1) is 18.3. The monoisotopic (exact) mass is 362 g/mol. The van der Waals surface area contributed by atoms with Crippen molar-refractivity contribution in [2.45, 2.75) is 20.4 Å². The van der Waals surface area contributed by atoms with Crippen LogP contribution in [-0.2, 0) is 6.54 Å². The Hall–Kier alpha value is -3.54. The number of hydrogen-bond donors (Lipinski definition) is 3. The zero-order valence-electron chi connectivity index (χ0n) is 15.3. The number of hydrogen-bond acceptors (Lipinski definition) is 3. The van der Waals surface area contributed by atoms with Crippen LogP contribution in [0.15, 0.2) is 70.3 Å². The van der Waals surface area contributed by atoms with E-state index in [0.717, 1.165) is 22.4 Å². The lowest BCUT2D eigenvalue weighted by Crippen LogP contribution is -2.22. The van der Waals surface area contributed by atoms with E-state index in [2.05, 4.69) is 21.7 Å². The molecule has 0 aliphatic rings. The zero-order valence-corrected chi connectivity index (χ0v) is 15.3. The molecule has 6 heteroatoms. The molecule has 0 aliphatic heterocycles. The fraction of sp³-hybridized carbons (Fsp3) is 0.143. The first-order chi connectivity index (χ1) is 13.0. The SMILES string of the molecule is Cc1cc(C)cc(NC(N)=NCc2cccc(NC(=O)c3ccco3)c2)c1. The molecule has 0 saturated carbocycles. The van der Waals surface area contributed by atoms with Crippen molar-refractivity contribution < 1.29 is 9.21 Å². The number of amides is 1. The maximum Gasteiger partial charge on any atom is 0.291 e. The van der Waals surface area contributed by atoms with Gasteiger partial charge >= 0.3 is 0 Å². The van der Waals surface area contributed by atoms with Crippen LogP contribution < -0.4 is 16.4 Å². The van der Waals surface area contributed by atoms with Crippen molar-refractivity contribution in [2.75, 3.05) is 10.6 Å². The number of guanidine groups is 1. The van der Waals surface area contributed by atoms with Gasteiger partial charge in [0.15, 0.2) is 11.7 Å². The van der Waals surface area contributed by atoms with Crippen LogP contribution in [0.3, 0.4) is 0 Å². The van der Waals surface area contributed by atoms with Gasteiger partial charge in [-0.2, -0.15) is 0 Å². The minimum Gasteiger partial charge on any atom is -0.459 e. The topological polar surface area (TPSA) is 92.6 Å². The number of nitrogens with zero attached hydrogens (tertiary/aromatic N) is 1. The van der Waals surface area contributed by atoms with Gasteiger partial charge in [-0.15, -0.1) is 0 Å². The van der Waals surface area contributed by atoms with Crippen LogP contribution in [0, 0.1) is 13.8 Å². The molecule has 1 heterocycles. The van der Waals surface area contributed by atoms with E-state index < -0.39 is 0 Å². The Morgan fingerprint density at radius 1 is 1.00 bits per heavy atom. The van der Waals surface area contributed by atoms with Gasteiger partial charge in [-0.25, -0.2) is 4.99 Å². The van der Waals surface area contributed by atoms with Crippen molar-refractivity contribution >= 4 is 23.2 Å². The summed E-state index contributed by atoms with van der Waals surface area (Å²) in [5.74, 6) is 0.307. The number of nitrogens with one attached hydrogen (secondary N) is 2. The standard InChI is InChI=1S/C21H22N4O2/c1-14-9-15(2)11-18(10-14)25-21(22)23-13-16-5-3-6-17(12-16)24-20(26)19-7-4-8-27-19/h3-12H,13H2,1-2H3,(H,24,26)(H3,22,23,25). The van der Waals surface area contributed by atoms with Gasteiger partial charge in [0.05, 0.1) is 12.8 Å². The lowest BCUT2D eigenvalue weighted by molar-refractivity contribution is 0.0996. The third-order valence-electron chi connectivity index (χ3n) is 3.86. The van der Waals surface area contributed by atoms with Crippen LogP contribution in [0.1, 0.15) is 27.2 Å². The highest BCUT2D eigenvalue weighted by Crippen LogP contribution is 2.15. The van der Waals surface area contributed by atoms with Gasteiger partial charge in [-0.05, 0) is 66.9 Å². The van der Waals surface area contributed by atoms with E-state index in [-0.39, 0.29) is 11.7 Å². The van der Waals surface area contributed by atoms with Gasteiger partial charge in [0, 0.05) is 11.4 Å². The second-order valence-corrected chi connectivity index (χ2v) is 6.33. The van der Waals surface area contributed by atoms with E-state index in [1.54, 1.807) is 12.1 Å². The summed E-state index contributed by atoms with van der Waals surface area (Å²) >= 11 is 0. The highest BCUT2D eigenvalue weighted by molar-refractivity contribution is 6.02. The molecule has 0 radical (unpaired) electrons. The number of carbonyl (C=O) groups excluding carboxylic acids is 1. The van der Waals surface area contributed by atoms with E-state index in [1.165, 1.54) is 6.26 Å². The van der Waals surface area contributed by atoms with Crippen LogP contribution in [0.5, 0.6) is 0 Å². The van der Waals surface area contributed by atoms with Gasteiger partial charge in [-0.3, -0.25) is 4.79 Å². The van der Waals surface area contributed by atoms with Crippen molar-refractivity contribution in [3.05, 3.63) is 83.3 Å². The first-order valence-corrected chi connectivity index (χ1v) is 8.58. The third-order valence-corrected chi connectivity index (χ3v) is 3.86. The minimum atomic E-state index is -0.295. The summed E-state index contributed by atoms with van der Waals surface area (Å²) in [5, 5.41) is 5.90. The molecule has 1 aromatic heterocycles. The van der Waals surface area contributed by atoms with Crippen LogP contribution in [0.4, 0.5) is 11.4 Å². The Bertz CT molecular complexity index is 942. The smallest absolute Gasteiger partial charge is 0.291 e. The Labute approximate surface area is 158 Å². The van der Waals surface area contributed by atoms with Crippen molar-refractivity contribution in [3.63, 3.8) is 0 Å². The molecule has 0 fully saturated rings. The first-order valence-electron chi connectivity index (χ1n) is 8.58. The number of carbonyl (C=O) groups is 1. The molecule has 3 rings (SSSR count). The average Bonchev–Trinajstić information content (AvgIpc) is 3.14. The molecule has 138 valence electrons. The summed E-state index contributed by atoms with van der Waals surface area (Å²) in [6.07, 6.45) is 1.46. The third kappa shape index (κ3) is 5.22. The molecule has 0 spiro atoms. The molecule has 0 saturated heterocycles. The summed E-state index contributed by atoms with van der Waals surface area (Å²) in [4.78, 5) is 16.4. The Kier molecular flexibility index (Phi) is 5.56. The maximum absolute atomic E-state index is 12.0. The van der Waals surface area contributed by atoms with E-state index >= 15 is 0 Å². The van der Waals surface area contributed by atoms with Crippen LogP contribution in [-0.4, -0.2) is 11.9 Å². The summed E-state index contributed by atoms with van der Waals surface area (Å²) < 4.78 is 5.09. The second kappa shape index (κ2) is 8.23. The number of nitrogens with two attached hydrogens (primary N) is 1. The fourth-order valence-corrected chi connectivity index (χ4v) is 2.76. The Balaban J connectivity index is 1.63. The van der Waals surface area contributed by atoms with Crippen LogP contribution in [0.25, 0.3) is 0 Å². The molecule has 6 nitrogen and oxygen atoms in total. The van der Waals surface area contributed by atoms with E-state index in [9.17, 15) is 4.79 Å². The number of furan rings is 1. The number of benzene rings is 2. The van der Waals surface area contributed by atoms with Gasteiger partial charge in [0.25, 0.3) is 5.91 Å². The highest BCUT2D eigenvalue weighted by Gasteiger charge is 2.08. The van der Waals surface area contributed by atoms with Crippen LogP contribution in [0.2, 0.25) is 0 Å². The summed E-state index contributed by atoms with van der Waals surface area (Å²) in [6, 6.07) is 16.9. The molecule has 0 bridgehead atoms. The van der Waals surface area contributed by atoms with Gasteiger partial charge < -0.3 is 20.8 Å². The maximum atomic E-state index is 12.0. The van der Waals surface area contributed by atoms with Gasteiger partial charge in [0.1, 0.15) is 0 Å². The molecular weight excluding hydrogens is 340 g/mol. The normalized spacial score (nSPS) is 11.3. The lowest BCUT2D eigenvalue weighted by Gasteiger charge is -2.08. The van der Waals surface area contributed by atoms with Crippen molar-refractivity contribution in [2.24, 2.45) is 10.7 Å². The quantitative estimate of drug-likeness (QED) is 0.471. The van der Waals surface area contributed by atoms with E-state index in [0.29, 0.717) is 18.2 Å². The van der Waals surface area contributed by atoms with Crippen molar-refractivity contribution in [1.29, 1.82) is 0 Å². The molecule has 0 unspecified atom stereocenters. The minimum absolute atomic E-state index is 0.264. The van der Waals surface area contributed by atoms with Crippen LogP contribution >= 0.6 is 0 Å². The van der Waals surface area contributed by atoms with Crippen molar-refractivity contribution in [1.82, 2.24) is 0 Å². The summed E-state index contributed by atoms with van der Waals surface area (Å²) in [6.45, 7) is 4.47. The molecule has 1 amide bonds. The Morgan fingerprint density at radius 2 is 1.78 bits per heavy atom. The number of anilines is 2. The number of rotatable bonds is 5. The predicted octanol–water partition coefficient (Wildman–Crippen LogP) is 4.08. The Morgan fingerprint density at radius 3 is 2.48 bits per heavy atom. The highest BCUT2D eigenvalue weighted by atomic mass is 16.3. The molecule has 0 atom stereocenters. The van der Waals surface area contributed by atoms with E-state index in [1.807, 2.05) is 50.2 Å². The molecule has 4 N–H and O–H groups in total. The molecule has 2 aromatic carbocycles. The molecule has 27 heavy (non-hydrogen) atoms. The van der Waals surface area contributed by atoms with Crippen molar-refractivity contribution in [3.8, 4) is 0 Å². The average molecular weight is 362 g/mol. The summed E-state index contributed by atoms with van der Waals surface area (Å²) in [7, 11) is 0. The number of aryl methyl sites for hydroxylation is 2. The number of aliphatic imine (C=N–C) groups is 1.